The molecule has 0 spiro atoms. The van der Waals surface area contributed by atoms with Crippen LogP contribution < -0.4 is 0 Å². The zero-order chi connectivity index (χ0) is 8.85. The van der Waals surface area contributed by atoms with Crippen LogP contribution in [0.3, 0.4) is 0 Å². The van der Waals surface area contributed by atoms with E-state index in [1.54, 1.807) is 13.0 Å². The minimum atomic E-state index is -0.237. The highest BCUT2D eigenvalue weighted by Crippen LogP contribution is 2.16. The summed E-state index contributed by atoms with van der Waals surface area (Å²) in [4.78, 5) is 0. The van der Waals surface area contributed by atoms with Gasteiger partial charge in [0.15, 0.2) is 0 Å². The number of nitriles is 1. The van der Waals surface area contributed by atoms with Crippen LogP contribution in [-0.2, 0) is 0 Å². The highest BCUT2D eigenvalue weighted by molar-refractivity contribution is 6.31. The van der Waals surface area contributed by atoms with E-state index >= 15 is 0 Å². The van der Waals surface area contributed by atoms with E-state index in [9.17, 15) is 0 Å². The van der Waals surface area contributed by atoms with Gasteiger partial charge in [0.05, 0.1) is 24.5 Å². The average Bonchev–Trinajstić information content (AvgIpc) is 2.05. The van der Waals surface area contributed by atoms with Crippen molar-refractivity contribution in [1.82, 2.24) is 0 Å². The number of rotatable bonds is 2. The molecule has 56 valence electrons. The normalized spacial score (nSPS) is 13.7. The average molecular weight is 167 g/mol. The quantitative estimate of drug-likeness (QED) is 0.296. The van der Waals surface area contributed by atoms with E-state index in [1.807, 2.05) is 0 Å². The van der Waals surface area contributed by atoms with Crippen LogP contribution >= 0.6 is 11.6 Å². The van der Waals surface area contributed by atoms with E-state index in [-0.39, 0.29) is 22.7 Å². The van der Waals surface area contributed by atoms with Crippen molar-refractivity contribution in [3.8, 4) is 6.07 Å². The molecule has 4 heteroatoms. The summed E-state index contributed by atoms with van der Waals surface area (Å²) >= 11 is 5.51. The first-order valence-electron chi connectivity index (χ1n) is 3.01. The van der Waals surface area contributed by atoms with E-state index in [0.29, 0.717) is 0 Å². The molecule has 0 heterocycles. The zero-order valence-corrected chi connectivity index (χ0v) is 6.89. The molecule has 2 nitrogen and oxygen atoms in total. The Hall–Kier alpha value is -0.875. The molecule has 0 bridgehead atoms. The number of halogens is 1. The van der Waals surface area contributed by atoms with Gasteiger partial charge < -0.3 is 5.11 Å². The van der Waals surface area contributed by atoms with Gasteiger partial charge in [-0.1, -0.05) is 24.0 Å². The van der Waals surface area contributed by atoms with E-state index in [0.717, 1.165) is 0 Å². The molecule has 0 amide bonds. The van der Waals surface area contributed by atoms with E-state index in [1.165, 1.54) is 6.08 Å². The summed E-state index contributed by atoms with van der Waals surface area (Å²) in [5.41, 5.74) is 0.0908. The van der Waals surface area contributed by atoms with Gasteiger partial charge in [0.1, 0.15) is 5.76 Å². The van der Waals surface area contributed by atoms with Crippen LogP contribution in [-0.4, -0.2) is 13.0 Å². The highest BCUT2D eigenvalue weighted by Gasteiger charge is 2.04. The van der Waals surface area contributed by atoms with Gasteiger partial charge in [0, 0.05) is 0 Å². The monoisotopic (exact) mass is 167 g/mol. The molecular formula is C7H7BClNO. The van der Waals surface area contributed by atoms with E-state index in [2.05, 4.69) is 0 Å². The molecule has 1 N–H and O–H groups in total. The number of hydrogen-bond donors (Lipinski definition) is 1. The predicted octanol–water partition coefficient (Wildman–Crippen LogP) is 2.05. The first kappa shape index (κ1) is 10.1. The topological polar surface area (TPSA) is 44.0 Å². The maximum absolute atomic E-state index is 9.15. The third-order valence-corrected chi connectivity index (χ3v) is 1.50. The maximum Gasteiger partial charge on any atom is 0.146 e. The van der Waals surface area contributed by atoms with E-state index < -0.39 is 0 Å². The molecule has 0 aliphatic heterocycles. The van der Waals surface area contributed by atoms with Crippen LogP contribution in [0.5, 0.6) is 0 Å². The summed E-state index contributed by atoms with van der Waals surface area (Å²) in [6, 6.07) is 1.75. The van der Waals surface area contributed by atoms with Crippen LogP contribution in [0.1, 0.15) is 6.92 Å². The SMILES string of the molecule is [B]C/C(C#N)=C(O)\C(Cl)=C/C. The van der Waals surface area contributed by atoms with Crippen molar-refractivity contribution < 1.29 is 5.11 Å². The molecule has 0 atom stereocenters. The predicted molar refractivity (Wildman–Crippen MR) is 45.4 cm³/mol. The molecule has 0 aromatic heterocycles. The molecule has 0 unspecified atom stereocenters. The molecule has 0 fully saturated rings. The van der Waals surface area contributed by atoms with Gasteiger partial charge in [-0.05, 0) is 6.92 Å². The van der Waals surface area contributed by atoms with Crippen LogP contribution in [0.2, 0.25) is 6.32 Å². The number of allylic oxidation sites excluding steroid dienone is 3. The van der Waals surface area contributed by atoms with Crippen molar-refractivity contribution in [3.05, 3.63) is 22.4 Å². The van der Waals surface area contributed by atoms with Gasteiger partial charge in [-0.3, -0.25) is 0 Å². The summed E-state index contributed by atoms with van der Waals surface area (Å²) < 4.78 is 0. The third-order valence-electron chi connectivity index (χ3n) is 1.10. The minimum absolute atomic E-state index is 0.00755. The molecule has 0 aliphatic carbocycles. The first-order chi connectivity index (χ1) is 5.17. The summed E-state index contributed by atoms with van der Waals surface area (Å²) in [5.74, 6) is -0.237. The Morgan fingerprint density at radius 2 is 2.36 bits per heavy atom. The number of nitrogens with zero attached hydrogens (tertiary/aromatic N) is 1. The molecule has 0 saturated heterocycles. The Bertz CT molecular complexity index is 239. The number of aliphatic hydroxyl groups excluding tert-OH is 1. The first-order valence-corrected chi connectivity index (χ1v) is 3.39. The minimum Gasteiger partial charge on any atom is -0.505 e. The lowest BCUT2D eigenvalue weighted by molar-refractivity contribution is 0.425. The van der Waals surface area contributed by atoms with Gasteiger partial charge >= 0.3 is 0 Å². The van der Waals surface area contributed by atoms with Crippen LogP contribution in [0.15, 0.2) is 22.4 Å². The Morgan fingerprint density at radius 3 is 2.64 bits per heavy atom. The third kappa shape index (κ3) is 2.69. The lowest BCUT2D eigenvalue weighted by atomic mass is 9.96. The Morgan fingerprint density at radius 1 is 1.82 bits per heavy atom. The van der Waals surface area contributed by atoms with Gasteiger partial charge in [-0.25, -0.2) is 0 Å². The zero-order valence-electron chi connectivity index (χ0n) is 6.13. The largest absolute Gasteiger partial charge is 0.505 e. The number of hydrogen-bond acceptors (Lipinski definition) is 2. The number of aliphatic hydroxyl groups is 1. The Kier molecular flexibility index (Phi) is 4.48. The van der Waals surface area contributed by atoms with Gasteiger partial charge in [-0.15, -0.1) is 0 Å². The second-order valence-electron chi connectivity index (χ2n) is 1.78. The summed E-state index contributed by atoms with van der Waals surface area (Å²) in [6.07, 6.45) is 1.48. The fraction of sp³-hybridized carbons (Fsp3) is 0.286. The molecule has 2 radical (unpaired) electrons. The van der Waals surface area contributed by atoms with Crippen molar-refractivity contribution in [3.63, 3.8) is 0 Å². The smallest absolute Gasteiger partial charge is 0.146 e. The second kappa shape index (κ2) is 4.87. The molecule has 0 aromatic carbocycles. The van der Waals surface area contributed by atoms with Crippen LogP contribution in [0.25, 0.3) is 0 Å². The maximum atomic E-state index is 9.15. The Labute approximate surface area is 72.2 Å². The van der Waals surface area contributed by atoms with Crippen molar-refractivity contribution >= 4 is 19.4 Å². The van der Waals surface area contributed by atoms with Gasteiger partial charge in [0.2, 0.25) is 0 Å². The lowest BCUT2D eigenvalue weighted by Crippen LogP contribution is -1.88. The molecule has 0 aromatic rings. The second-order valence-corrected chi connectivity index (χ2v) is 2.19. The molecule has 11 heavy (non-hydrogen) atoms. The molecule has 0 rings (SSSR count). The fourth-order valence-electron chi connectivity index (χ4n) is 0.476. The summed E-state index contributed by atoms with van der Waals surface area (Å²) in [6.45, 7) is 1.66. The summed E-state index contributed by atoms with van der Waals surface area (Å²) in [7, 11) is 5.15. The summed E-state index contributed by atoms with van der Waals surface area (Å²) in [5, 5.41) is 17.7. The van der Waals surface area contributed by atoms with Crippen molar-refractivity contribution in [2.24, 2.45) is 0 Å². The molecule has 0 saturated carbocycles. The fourth-order valence-corrected chi connectivity index (χ4v) is 0.590. The van der Waals surface area contributed by atoms with Crippen LogP contribution in [0.4, 0.5) is 0 Å². The van der Waals surface area contributed by atoms with Gasteiger partial charge in [0.25, 0.3) is 0 Å². The standard InChI is InChI=1S/C7H7BClNO/c1-2-6(9)7(11)5(3-8)4-10/h2,11H,3H2,1H3/b6-2+,7-5-. The van der Waals surface area contributed by atoms with Crippen molar-refractivity contribution in [2.75, 3.05) is 0 Å². The Balaban J connectivity index is 4.80. The van der Waals surface area contributed by atoms with Crippen molar-refractivity contribution in [1.29, 1.82) is 5.26 Å². The lowest BCUT2D eigenvalue weighted by Gasteiger charge is -1.98. The van der Waals surface area contributed by atoms with Gasteiger partial charge in [-0.2, -0.15) is 5.26 Å². The van der Waals surface area contributed by atoms with E-state index in [4.69, 9.17) is 29.8 Å². The highest BCUT2D eigenvalue weighted by atomic mass is 35.5. The molecule has 0 aliphatic rings. The van der Waals surface area contributed by atoms with Crippen molar-refractivity contribution in [2.45, 2.75) is 13.2 Å². The molecular weight excluding hydrogens is 160 g/mol. The van der Waals surface area contributed by atoms with Crippen LogP contribution in [0, 0.1) is 11.3 Å².